The number of sulfone groups is 1. The van der Waals surface area contributed by atoms with Crippen LogP contribution in [0.2, 0.25) is 0 Å². The molecule has 1 aliphatic carbocycles. The second kappa shape index (κ2) is 6.35. The van der Waals surface area contributed by atoms with E-state index in [0.717, 1.165) is 25.2 Å². The molecule has 6 nitrogen and oxygen atoms in total. The van der Waals surface area contributed by atoms with Crippen LogP contribution in [0, 0.1) is 11.7 Å². The van der Waals surface area contributed by atoms with Crippen LogP contribution in [0.15, 0.2) is 11.0 Å². The highest BCUT2D eigenvalue weighted by Gasteiger charge is 2.38. The van der Waals surface area contributed by atoms with Gasteiger partial charge in [-0.15, -0.1) is 0 Å². The lowest BCUT2D eigenvalue weighted by molar-refractivity contribution is -0.137. The van der Waals surface area contributed by atoms with Gasteiger partial charge in [-0.2, -0.15) is 0 Å². The van der Waals surface area contributed by atoms with Crippen molar-refractivity contribution >= 4 is 15.8 Å². The molecule has 0 spiro atoms. The Labute approximate surface area is 134 Å². The first kappa shape index (κ1) is 17.5. The molecule has 1 N–H and O–H groups in total. The fraction of sp³-hybridized carbons (Fsp3) is 0.533. The van der Waals surface area contributed by atoms with Crippen molar-refractivity contribution in [1.82, 2.24) is 0 Å². The molecule has 0 amide bonds. The van der Waals surface area contributed by atoms with Gasteiger partial charge >= 0.3 is 5.97 Å². The Hall–Kier alpha value is -1.83. The lowest BCUT2D eigenvalue weighted by atomic mass is 9.90. The van der Waals surface area contributed by atoms with E-state index in [1.165, 1.54) is 14.2 Å². The van der Waals surface area contributed by atoms with E-state index in [-0.39, 0.29) is 23.8 Å². The Kier molecular flexibility index (Phi) is 4.84. The predicted molar refractivity (Wildman–Crippen MR) is 80.3 cm³/mol. The molecular weight excluding hydrogens is 327 g/mol. The van der Waals surface area contributed by atoms with Crippen LogP contribution in [0.1, 0.15) is 30.7 Å². The van der Waals surface area contributed by atoms with Gasteiger partial charge in [-0.05, 0) is 24.8 Å². The number of hydrogen-bond donors (Lipinski definition) is 1. The molecule has 1 unspecified atom stereocenters. The molecule has 0 bridgehead atoms. The number of ether oxygens (including phenoxy) is 2. The first-order chi connectivity index (χ1) is 10.7. The topological polar surface area (TPSA) is 89.9 Å². The van der Waals surface area contributed by atoms with E-state index in [2.05, 4.69) is 0 Å². The minimum Gasteiger partial charge on any atom is -0.493 e. The zero-order valence-corrected chi connectivity index (χ0v) is 13.9. The lowest BCUT2D eigenvalue weighted by Gasteiger charge is -2.21. The summed E-state index contributed by atoms with van der Waals surface area (Å²) in [5, 5.41) is 9.10. The van der Waals surface area contributed by atoms with E-state index in [4.69, 9.17) is 14.6 Å². The minimum absolute atomic E-state index is 0.0764. The number of carboxylic acids is 1. The Bertz CT molecular complexity index is 724. The Morgan fingerprint density at radius 3 is 2.30 bits per heavy atom. The maximum Gasteiger partial charge on any atom is 0.303 e. The molecule has 0 heterocycles. The quantitative estimate of drug-likeness (QED) is 0.814. The predicted octanol–water partition coefficient (Wildman–Crippen LogP) is 2.21. The summed E-state index contributed by atoms with van der Waals surface area (Å²) in [5.41, 5.74) is 0.333. The molecule has 1 saturated carbocycles. The van der Waals surface area contributed by atoms with Crippen LogP contribution in [-0.4, -0.2) is 40.0 Å². The monoisotopic (exact) mass is 346 g/mol. The van der Waals surface area contributed by atoms with E-state index >= 15 is 0 Å². The normalized spacial score (nSPS) is 16.0. The second-order valence-electron chi connectivity index (χ2n) is 5.66. The summed E-state index contributed by atoms with van der Waals surface area (Å²) in [4.78, 5) is 10.5. The van der Waals surface area contributed by atoms with Gasteiger partial charge in [-0.3, -0.25) is 4.79 Å². The molecule has 1 aliphatic rings. The highest BCUT2D eigenvalue weighted by Crippen LogP contribution is 2.50. The van der Waals surface area contributed by atoms with Crippen LogP contribution in [0.4, 0.5) is 4.39 Å². The van der Waals surface area contributed by atoms with Gasteiger partial charge in [0, 0.05) is 17.7 Å². The number of hydrogen-bond acceptors (Lipinski definition) is 5. The summed E-state index contributed by atoms with van der Waals surface area (Å²) < 4.78 is 48.4. The van der Waals surface area contributed by atoms with Gasteiger partial charge in [-0.25, -0.2) is 12.8 Å². The summed E-state index contributed by atoms with van der Waals surface area (Å²) in [6.45, 7) is 0. The van der Waals surface area contributed by atoms with Crippen LogP contribution >= 0.6 is 0 Å². The molecule has 1 atom stereocenters. The van der Waals surface area contributed by atoms with Crippen LogP contribution in [0.25, 0.3) is 0 Å². The molecule has 0 aromatic heterocycles. The highest BCUT2D eigenvalue weighted by molar-refractivity contribution is 7.90. The van der Waals surface area contributed by atoms with E-state index in [1.807, 2.05) is 0 Å². The Morgan fingerprint density at radius 1 is 1.35 bits per heavy atom. The van der Waals surface area contributed by atoms with E-state index in [0.29, 0.717) is 5.56 Å². The standard InChI is InChI=1S/C15H19FO6S/c1-21-13-10(9(7-12(17)18)8-4-5-8)6-11(16)15(14(13)22-2)23(3,19)20/h6,8-9H,4-5,7H2,1-3H3,(H,17,18). The van der Waals surface area contributed by atoms with Gasteiger partial charge in [-0.1, -0.05) is 0 Å². The number of benzene rings is 1. The van der Waals surface area contributed by atoms with Gasteiger partial charge in [0.25, 0.3) is 0 Å². The van der Waals surface area contributed by atoms with Crippen molar-refractivity contribution in [2.24, 2.45) is 5.92 Å². The SMILES string of the molecule is COc1c(C(CC(=O)O)C2CC2)cc(F)c(S(C)(=O)=O)c1OC. The average Bonchev–Trinajstić information content (AvgIpc) is 3.26. The van der Waals surface area contributed by atoms with Crippen molar-refractivity contribution in [3.05, 3.63) is 17.4 Å². The van der Waals surface area contributed by atoms with Crippen molar-refractivity contribution in [2.75, 3.05) is 20.5 Å². The van der Waals surface area contributed by atoms with Gasteiger partial charge < -0.3 is 14.6 Å². The minimum atomic E-state index is -3.88. The van der Waals surface area contributed by atoms with Crippen molar-refractivity contribution in [3.63, 3.8) is 0 Å². The van der Waals surface area contributed by atoms with Crippen molar-refractivity contribution < 1.29 is 32.2 Å². The molecule has 1 aromatic rings. The molecule has 1 fully saturated rings. The largest absolute Gasteiger partial charge is 0.493 e. The van der Waals surface area contributed by atoms with Crippen LogP contribution in [0.5, 0.6) is 11.5 Å². The first-order valence-electron chi connectivity index (χ1n) is 7.06. The van der Waals surface area contributed by atoms with Crippen molar-refractivity contribution in [1.29, 1.82) is 0 Å². The number of aliphatic carboxylic acids is 1. The lowest BCUT2D eigenvalue weighted by Crippen LogP contribution is -2.13. The van der Waals surface area contributed by atoms with E-state index < -0.39 is 32.4 Å². The zero-order valence-electron chi connectivity index (χ0n) is 13.1. The third kappa shape index (κ3) is 3.57. The summed E-state index contributed by atoms with van der Waals surface area (Å²) in [6, 6.07) is 1.06. The molecule has 2 rings (SSSR count). The fourth-order valence-electron chi connectivity index (χ4n) is 2.84. The Balaban J connectivity index is 2.69. The number of halogens is 1. The van der Waals surface area contributed by atoms with Crippen LogP contribution in [0.3, 0.4) is 0 Å². The van der Waals surface area contributed by atoms with Gasteiger partial charge in [0.05, 0.1) is 20.6 Å². The first-order valence-corrected chi connectivity index (χ1v) is 8.96. The number of carboxylic acid groups (broad SMARTS) is 1. The summed E-state index contributed by atoms with van der Waals surface area (Å²) in [6.07, 6.45) is 2.39. The highest BCUT2D eigenvalue weighted by atomic mass is 32.2. The summed E-state index contributed by atoms with van der Waals surface area (Å²) in [5.74, 6) is -2.44. The third-order valence-corrected chi connectivity index (χ3v) is 5.06. The molecule has 0 radical (unpaired) electrons. The number of carbonyl (C=O) groups is 1. The van der Waals surface area contributed by atoms with E-state index in [9.17, 15) is 17.6 Å². The second-order valence-corrected chi connectivity index (χ2v) is 7.61. The summed E-state index contributed by atoms with van der Waals surface area (Å²) in [7, 11) is -1.34. The van der Waals surface area contributed by atoms with Crippen molar-refractivity contribution in [2.45, 2.75) is 30.1 Å². The fourth-order valence-corrected chi connectivity index (χ4v) is 3.77. The van der Waals surface area contributed by atoms with Crippen LogP contribution in [-0.2, 0) is 14.6 Å². The molecule has 8 heteroatoms. The number of rotatable bonds is 7. The molecule has 0 saturated heterocycles. The molecule has 1 aromatic carbocycles. The molecule has 23 heavy (non-hydrogen) atoms. The van der Waals surface area contributed by atoms with Crippen LogP contribution < -0.4 is 9.47 Å². The Morgan fingerprint density at radius 2 is 1.91 bits per heavy atom. The average molecular weight is 346 g/mol. The van der Waals surface area contributed by atoms with Crippen molar-refractivity contribution in [3.8, 4) is 11.5 Å². The maximum atomic E-state index is 14.4. The molecule has 0 aliphatic heterocycles. The van der Waals surface area contributed by atoms with Gasteiger partial charge in [0.1, 0.15) is 10.7 Å². The van der Waals surface area contributed by atoms with Gasteiger partial charge in [0.15, 0.2) is 21.3 Å². The van der Waals surface area contributed by atoms with Gasteiger partial charge in [0.2, 0.25) is 0 Å². The van der Waals surface area contributed by atoms with E-state index in [1.54, 1.807) is 0 Å². The summed E-state index contributed by atoms with van der Waals surface area (Å²) >= 11 is 0. The maximum absolute atomic E-state index is 14.4. The third-order valence-electron chi connectivity index (χ3n) is 3.94. The number of methoxy groups -OCH3 is 2. The molecule has 128 valence electrons. The zero-order chi connectivity index (χ0) is 17.4. The molecular formula is C15H19FO6S. The smallest absolute Gasteiger partial charge is 0.303 e.